The molecular weight excluding hydrogens is 818 g/mol. The van der Waals surface area contributed by atoms with Crippen molar-refractivity contribution < 1.29 is 89.5 Å². The maximum absolute atomic E-state index is 12.5. The number of fused-ring (bicyclic) bond motifs is 2. The second kappa shape index (κ2) is 16.7. The van der Waals surface area contributed by atoms with Gasteiger partial charge in [0.2, 0.25) is 5.95 Å². The number of ether oxygens (including phenoxy) is 2. The number of nitrogens with zero attached hydrogens (tertiary/aromatic N) is 5. The average molecular weight is 846 g/mol. The predicted octanol–water partition coefficient (Wildman–Crippen LogP) is -6.76. The van der Waals surface area contributed by atoms with Crippen molar-refractivity contribution in [2.75, 3.05) is 24.7 Å². The maximum atomic E-state index is 12.5. The number of anilines is 2. The number of hydrogen-bond donors (Lipinski definition) is 7. The van der Waals surface area contributed by atoms with E-state index in [4.69, 9.17) is 50.7 Å². The molecule has 9 atom stereocenters. The first kappa shape index (κ1) is 43.8. The SMILES string of the molecule is Nc1ccn([C@@H]2O[C@H](COP(=O)(O)OP(=O)(O)OC[C@H]3O[C@H]4N=c5nc(N)[nH]c(=O)c5=N[C@H]4C([S-])=C3[S-])[C@@H](O)[C@H]2O)c(=O)n1.O.O.O.[Mo+2]. The molecule has 0 saturated carbocycles. The summed E-state index contributed by atoms with van der Waals surface area (Å²) < 4.78 is 50.5. The summed E-state index contributed by atoms with van der Waals surface area (Å²) in [6.07, 6.45) is -7.70. The zero-order valence-corrected chi connectivity index (χ0v) is 29.0. The van der Waals surface area contributed by atoms with Crippen LogP contribution in [0.2, 0.25) is 0 Å². The maximum Gasteiger partial charge on any atom is 2.00 e. The van der Waals surface area contributed by atoms with E-state index in [1.165, 1.54) is 6.07 Å². The molecule has 1 saturated heterocycles. The summed E-state index contributed by atoms with van der Waals surface area (Å²) in [4.78, 5) is 62.2. The molecule has 2 unspecified atom stereocenters. The summed E-state index contributed by atoms with van der Waals surface area (Å²) in [6.45, 7) is -1.76. The zero-order chi connectivity index (χ0) is 32.1. The molecule has 48 heavy (non-hydrogen) atoms. The molecule has 0 aliphatic carbocycles. The molecule has 0 aromatic carbocycles. The first-order valence-electron chi connectivity index (χ1n) is 12.1. The molecule has 29 heteroatoms. The van der Waals surface area contributed by atoms with Gasteiger partial charge < -0.3 is 82.6 Å². The molecule has 24 nitrogen and oxygen atoms in total. The van der Waals surface area contributed by atoms with Crippen molar-refractivity contribution in [1.82, 2.24) is 19.5 Å². The van der Waals surface area contributed by atoms with Crippen LogP contribution in [0, 0.1) is 0 Å². The average Bonchev–Trinajstić information content (AvgIpc) is 3.20. The van der Waals surface area contributed by atoms with Gasteiger partial charge in [0.05, 0.1) is 25.4 Å². The van der Waals surface area contributed by atoms with Crippen molar-refractivity contribution >= 4 is 52.7 Å². The number of aromatic amines is 1. The van der Waals surface area contributed by atoms with Crippen molar-refractivity contribution in [2.45, 2.75) is 42.9 Å². The van der Waals surface area contributed by atoms with E-state index in [9.17, 15) is 38.7 Å². The van der Waals surface area contributed by atoms with Crippen LogP contribution < -0.4 is 33.6 Å². The Morgan fingerprint density at radius 3 is 2.21 bits per heavy atom. The predicted molar refractivity (Wildman–Crippen MR) is 158 cm³/mol. The summed E-state index contributed by atoms with van der Waals surface area (Å²) in [5.74, 6) is -0.337. The topological polar surface area (TPSA) is 413 Å². The van der Waals surface area contributed by atoms with Gasteiger partial charge in [-0.05, 0) is 6.07 Å². The Hall–Kier alpha value is -2.19. The minimum Gasteiger partial charge on any atom is -0.783 e. The van der Waals surface area contributed by atoms with Crippen molar-refractivity contribution in [1.29, 1.82) is 0 Å². The Morgan fingerprint density at radius 1 is 0.958 bits per heavy atom. The van der Waals surface area contributed by atoms with Crippen LogP contribution in [0.3, 0.4) is 0 Å². The third-order valence-corrected chi connectivity index (χ3v) is 9.93. The Labute approximate surface area is 292 Å². The fourth-order valence-corrected chi connectivity index (χ4v) is 6.86. The first-order chi connectivity index (χ1) is 20.5. The molecule has 3 aliphatic heterocycles. The van der Waals surface area contributed by atoms with Crippen LogP contribution in [-0.4, -0.2) is 106 Å². The van der Waals surface area contributed by atoms with Crippen LogP contribution in [-0.2, 0) is 78.3 Å². The smallest absolute Gasteiger partial charge is 0.783 e. The van der Waals surface area contributed by atoms with E-state index in [2.05, 4.69) is 33.8 Å². The standard InChI is InChI=1S/C19H24N8O13P2S2.Mo.3H2O/c20-7-1-2-27(19(31)22-7)17-11(29)10(28)5(39-17)3-36-41(32,33)40-42(34,35)37-4-6-12(43)13(44)8-16(38-6)24-14-9(23-8)15(30)26-18(21)25-14;;;;/h1-2,5-6,8,10-11,16-17,28-29,43-44H,3-4H2,(H,32,33)(H,34,35)(H2,20,22,31)(H3,21,24,25,26,30);;3*1H2/q;+2;;;/p-2/t5-,6-,8+,10-,11-,16-,17-;;;;/m1..../s1. The van der Waals surface area contributed by atoms with Crippen LogP contribution in [0.25, 0.3) is 0 Å². The molecule has 0 radical (unpaired) electrons. The number of aliphatic hydroxyl groups is 2. The van der Waals surface area contributed by atoms with E-state index in [0.717, 1.165) is 10.8 Å². The number of nitrogen functional groups attached to an aromatic ring is 2. The van der Waals surface area contributed by atoms with Gasteiger partial charge in [-0.15, -0.1) is 0 Å². The van der Waals surface area contributed by atoms with Gasteiger partial charge in [0, 0.05) is 6.20 Å². The molecule has 268 valence electrons. The minimum atomic E-state index is -5.38. The Balaban J connectivity index is 0.00000288. The van der Waals surface area contributed by atoms with E-state index in [1.54, 1.807) is 0 Å². The van der Waals surface area contributed by atoms with Crippen molar-refractivity contribution in [3.8, 4) is 0 Å². The van der Waals surface area contributed by atoms with Gasteiger partial charge in [0.25, 0.3) is 5.56 Å². The molecule has 0 spiro atoms. The van der Waals surface area contributed by atoms with Gasteiger partial charge in [-0.25, -0.2) is 18.9 Å². The van der Waals surface area contributed by atoms with Crippen molar-refractivity contribution in [3.05, 3.63) is 53.8 Å². The number of phosphoric acid groups is 2. The summed E-state index contributed by atoms with van der Waals surface area (Å²) >= 11 is 10.6. The molecule has 1 fully saturated rings. The summed E-state index contributed by atoms with van der Waals surface area (Å²) in [5.41, 5.74) is 9.24. The van der Waals surface area contributed by atoms with Gasteiger partial charge in [-0.2, -0.15) is 24.1 Å². The fraction of sp³-hybridized carbons (Fsp3) is 0.474. The number of nitrogens with one attached hydrogen (secondary N) is 1. The number of aromatic nitrogens is 4. The second-order valence-corrected chi connectivity index (χ2v) is 13.2. The largest absolute Gasteiger partial charge is 2.00 e. The normalized spacial score (nSPS) is 28.2. The molecule has 0 bridgehead atoms. The summed E-state index contributed by atoms with van der Waals surface area (Å²) in [6, 6.07) is 0.241. The molecule has 5 rings (SSSR count). The minimum absolute atomic E-state index is 0. The monoisotopic (exact) mass is 848 g/mol. The number of hydrogen-bond acceptors (Lipinski definition) is 19. The molecule has 3 aliphatic rings. The number of H-pyrrole nitrogens is 1. The fourth-order valence-electron chi connectivity index (χ4n) is 4.24. The van der Waals surface area contributed by atoms with Crippen LogP contribution in [0.5, 0.6) is 0 Å². The van der Waals surface area contributed by atoms with Gasteiger partial charge >= 0.3 is 42.4 Å². The van der Waals surface area contributed by atoms with E-state index >= 15 is 0 Å². The first-order valence-corrected chi connectivity index (χ1v) is 15.9. The Morgan fingerprint density at radius 2 is 1.58 bits per heavy atom. The number of phosphoric ester groups is 2. The molecule has 5 heterocycles. The third-order valence-electron chi connectivity index (χ3n) is 6.25. The third kappa shape index (κ3) is 9.32. The Kier molecular flexibility index (Phi) is 15.2. The van der Waals surface area contributed by atoms with Crippen molar-refractivity contribution in [3.63, 3.8) is 0 Å². The Bertz CT molecular complexity index is 1850. The van der Waals surface area contributed by atoms with Crippen molar-refractivity contribution in [2.24, 2.45) is 9.98 Å². The van der Waals surface area contributed by atoms with Crippen LogP contribution >= 0.6 is 15.6 Å². The second-order valence-electron chi connectivity index (χ2n) is 9.27. The molecular formula is C19H28MoN8O16P2S2. The van der Waals surface area contributed by atoms with E-state index < -0.39 is 83.0 Å². The number of rotatable bonds is 9. The van der Waals surface area contributed by atoms with Crippen LogP contribution in [0.1, 0.15) is 6.23 Å². The molecule has 0 amide bonds. The van der Waals surface area contributed by atoms with Crippen LogP contribution in [0.4, 0.5) is 11.8 Å². The zero-order valence-electron chi connectivity index (χ0n) is 23.6. The van der Waals surface area contributed by atoms with Gasteiger partial charge in [-0.1, -0.05) is 0 Å². The van der Waals surface area contributed by atoms with Gasteiger partial charge in [0.15, 0.2) is 23.3 Å². The molecule has 15 N–H and O–H groups in total. The van der Waals surface area contributed by atoms with E-state index in [-0.39, 0.29) is 69.9 Å². The number of nitrogens with two attached hydrogens (primary N) is 2. The van der Waals surface area contributed by atoms with E-state index in [1.807, 2.05) is 0 Å². The van der Waals surface area contributed by atoms with Gasteiger partial charge in [0.1, 0.15) is 24.1 Å². The van der Waals surface area contributed by atoms with E-state index in [0.29, 0.717) is 0 Å². The molecule has 2 aromatic heterocycles. The summed E-state index contributed by atoms with van der Waals surface area (Å²) in [7, 11) is -10.7. The molecule has 2 aromatic rings. The quantitative estimate of drug-likeness (QED) is 0.0700. The number of aliphatic hydroxyl groups excluding tert-OH is 2. The van der Waals surface area contributed by atoms with Gasteiger partial charge in [-0.3, -0.25) is 28.4 Å². The van der Waals surface area contributed by atoms with Crippen LogP contribution in [0.15, 0.2) is 41.6 Å². The summed E-state index contributed by atoms with van der Waals surface area (Å²) in [5, 5.41) is 20.4.